The van der Waals surface area contributed by atoms with Gasteiger partial charge in [-0.25, -0.2) is 0 Å². The second-order valence-electron chi connectivity index (χ2n) is 3.24. The molecule has 0 aromatic rings. The van der Waals surface area contributed by atoms with Gasteiger partial charge in [0.15, 0.2) is 0 Å². The standard InChI is InChI=1S/C10H18O2/c1-3-5-11-7-10-8-12-6-4-9(10)2/h3-8H2,1-2H3. The van der Waals surface area contributed by atoms with Crippen molar-refractivity contribution in [3.8, 4) is 0 Å². The first kappa shape index (κ1) is 9.75. The van der Waals surface area contributed by atoms with Gasteiger partial charge >= 0.3 is 0 Å². The van der Waals surface area contributed by atoms with Crippen molar-refractivity contribution in [3.05, 3.63) is 11.1 Å². The highest BCUT2D eigenvalue weighted by molar-refractivity contribution is 5.15. The smallest absolute Gasteiger partial charge is 0.0701 e. The molecule has 0 aliphatic carbocycles. The molecule has 0 N–H and O–H groups in total. The van der Waals surface area contributed by atoms with Gasteiger partial charge in [-0.2, -0.15) is 0 Å². The highest BCUT2D eigenvalue weighted by Gasteiger charge is 2.08. The Labute approximate surface area is 74.6 Å². The minimum Gasteiger partial charge on any atom is -0.377 e. The number of hydrogen-bond donors (Lipinski definition) is 0. The van der Waals surface area contributed by atoms with Crippen LogP contribution in [0.1, 0.15) is 26.7 Å². The van der Waals surface area contributed by atoms with Crippen LogP contribution in [0.5, 0.6) is 0 Å². The zero-order chi connectivity index (χ0) is 8.81. The molecule has 0 aromatic carbocycles. The van der Waals surface area contributed by atoms with Crippen LogP contribution in [0, 0.1) is 0 Å². The Kier molecular flexibility index (Phi) is 4.33. The minimum atomic E-state index is 0.764. The molecule has 0 unspecified atom stereocenters. The van der Waals surface area contributed by atoms with Gasteiger partial charge in [-0.3, -0.25) is 0 Å². The average Bonchev–Trinajstić information content (AvgIpc) is 2.09. The van der Waals surface area contributed by atoms with Crippen LogP contribution in [0.2, 0.25) is 0 Å². The van der Waals surface area contributed by atoms with Crippen molar-refractivity contribution in [2.45, 2.75) is 26.7 Å². The van der Waals surface area contributed by atoms with Crippen molar-refractivity contribution >= 4 is 0 Å². The zero-order valence-electron chi connectivity index (χ0n) is 8.06. The fraction of sp³-hybridized carbons (Fsp3) is 0.800. The lowest BCUT2D eigenvalue weighted by Crippen LogP contribution is -2.14. The second-order valence-corrected chi connectivity index (χ2v) is 3.24. The Bertz CT molecular complexity index is 161. The predicted octanol–water partition coefficient (Wildman–Crippen LogP) is 2.15. The lowest BCUT2D eigenvalue weighted by atomic mass is 10.1. The van der Waals surface area contributed by atoms with E-state index < -0.39 is 0 Å². The lowest BCUT2D eigenvalue weighted by Gasteiger charge is -2.18. The molecular weight excluding hydrogens is 152 g/mol. The molecule has 0 fully saturated rings. The zero-order valence-corrected chi connectivity index (χ0v) is 8.06. The summed E-state index contributed by atoms with van der Waals surface area (Å²) in [4.78, 5) is 0. The Morgan fingerprint density at radius 3 is 3.00 bits per heavy atom. The van der Waals surface area contributed by atoms with E-state index in [4.69, 9.17) is 9.47 Å². The Balaban J connectivity index is 2.28. The van der Waals surface area contributed by atoms with E-state index in [0.29, 0.717) is 0 Å². The van der Waals surface area contributed by atoms with Crippen molar-refractivity contribution in [1.82, 2.24) is 0 Å². The molecule has 1 heterocycles. The SMILES string of the molecule is CCCOCC1=C(C)CCOC1. The van der Waals surface area contributed by atoms with Gasteiger partial charge in [-0.05, 0) is 25.3 Å². The number of hydrogen-bond acceptors (Lipinski definition) is 2. The molecule has 0 spiro atoms. The Morgan fingerprint density at radius 1 is 1.50 bits per heavy atom. The van der Waals surface area contributed by atoms with E-state index in [1.54, 1.807) is 0 Å². The van der Waals surface area contributed by atoms with Crippen molar-refractivity contribution in [1.29, 1.82) is 0 Å². The third-order valence-electron chi connectivity index (χ3n) is 2.13. The summed E-state index contributed by atoms with van der Waals surface area (Å²) >= 11 is 0. The summed E-state index contributed by atoms with van der Waals surface area (Å²) in [5.74, 6) is 0. The molecule has 0 aromatic heterocycles. The van der Waals surface area contributed by atoms with Crippen LogP contribution in [0.4, 0.5) is 0 Å². The molecule has 0 saturated carbocycles. The molecule has 0 bridgehead atoms. The maximum atomic E-state index is 5.45. The molecule has 0 saturated heterocycles. The van der Waals surface area contributed by atoms with Gasteiger partial charge in [0.2, 0.25) is 0 Å². The Hall–Kier alpha value is -0.340. The molecule has 1 rings (SSSR count). The fourth-order valence-corrected chi connectivity index (χ4v) is 1.23. The topological polar surface area (TPSA) is 18.5 Å². The number of ether oxygens (including phenoxy) is 2. The van der Waals surface area contributed by atoms with E-state index in [0.717, 1.165) is 39.3 Å². The summed E-state index contributed by atoms with van der Waals surface area (Å²) < 4.78 is 10.8. The molecule has 12 heavy (non-hydrogen) atoms. The maximum absolute atomic E-state index is 5.45. The normalized spacial score (nSPS) is 18.5. The molecule has 2 heteroatoms. The summed E-state index contributed by atoms with van der Waals surface area (Å²) in [6, 6.07) is 0. The monoisotopic (exact) mass is 170 g/mol. The molecule has 1 aliphatic rings. The second kappa shape index (κ2) is 5.33. The van der Waals surface area contributed by atoms with E-state index in [9.17, 15) is 0 Å². The van der Waals surface area contributed by atoms with Crippen LogP contribution in [0.25, 0.3) is 0 Å². The largest absolute Gasteiger partial charge is 0.377 e. The summed E-state index contributed by atoms with van der Waals surface area (Å²) in [7, 11) is 0. The molecule has 1 aliphatic heterocycles. The average molecular weight is 170 g/mol. The first-order valence-electron chi connectivity index (χ1n) is 4.67. The van der Waals surface area contributed by atoms with Gasteiger partial charge in [0.25, 0.3) is 0 Å². The van der Waals surface area contributed by atoms with Crippen LogP contribution in [-0.2, 0) is 9.47 Å². The van der Waals surface area contributed by atoms with Crippen molar-refractivity contribution in [2.24, 2.45) is 0 Å². The van der Waals surface area contributed by atoms with Gasteiger partial charge < -0.3 is 9.47 Å². The molecule has 70 valence electrons. The van der Waals surface area contributed by atoms with Crippen LogP contribution in [0.3, 0.4) is 0 Å². The summed E-state index contributed by atoms with van der Waals surface area (Å²) in [6.45, 7) is 7.57. The molecule has 0 radical (unpaired) electrons. The first-order valence-corrected chi connectivity index (χ1v) is 4.67. The van der Waals surface area contributed by atoms with E-state index >= 15 is 0 Å². The fourth-order valence-electron chi connectivity index (χ4n) is 1.23. The van der Waals surface area contributed by atoms with Crippen LogP contribution >= 0.6 is 0 Å². The van der Waals surface area contributed by atoms with Crippen LogP contribution in [0.15, 0.2) is 11.1 Å². The van der Waals surface area contributed by atoms with Crippen molar-refractivity contribution < 1.29 is 9.47 Å². The third kappa shape index (κ3) is 2.95. The van der Waals surface area contributed by atoms with Crippen molar-refractivity contribution in [3.63, 3.8) is 0 Å². The first-order chi connectivity index (χ1) is 5.84. The van der Waals surface area contributed by atoms with Crippen molar-refractivity contribution in [2.75, 3.05) is 26.4 Å². The van der Waals surface area contributed by atoms with Gasteiger partial charge in [0, 0.05) is 6.61 Å². The van der Waals surface area contributed by atoms with E-state index in [-0.39, 0.29) is 0 Å². The van der Waals surface area contributed by atoms with Crippen LogP contribution < -0.4 is 0 Å². The molecular formula is C10H18O2. The molecule has 0 atom stereocenters. The Morgan fingerprint density at radius 2 is 2.33 bits per heavy atom. The summed E-state index contributed by atoms with van der Waals surface area (Å²) in [5.41, 5.74) is 2.80. The minimum absolute atomic E-state index is 0.764. The predicted molar refractivity (Wildman–Crippen MR) is 49.2 cm³/mol. The lowest BCUT2D eigenvalue weighted by molar-refractivity contribution is 0.109. The van der Waals surface area contributed by atoms with E-state index in [2.05, 4.69) is 13.8 Å². The molecule has 2 nitrogen and oxygen atoms in total. The summed E-state index contributed by atoms with van der Waals surface area (Å²) in [6.07, 6.45) is 2.16. The van der Waals surface area contributed by atoms with Gasteiger partial charge in [-0.1, -0.05) is 12.5 Å². The maximum Gasteiger partial charge on any atom is 0.0701 e. The third-order valence-corrected chi connectivity index (χ3v) is 2.13. The highest BCUT2D eigenvalue weighted by atomic mass is 16.5. The number of rotatable bonds is 4. The van der Waals surface area contributed by atoms with E-state index in [1.807, 2.05) is 0 Å². The molecule has 0 amide bonds. The summed E-state index contributed by atoms with van der Waals surface area (Å²) in [5, 5.41) is 0. The van der Waals surface area contributed by atoms with Gasteiger partial charge in [0.05, 0.1) is 19.8 Å². The highest BCUT2D eigenvalue weighted by Crippen LogP contribution is 2.14. The van der Waals surface area contributed by atoms with Gasteiger partial charge in [0.1, 0.15) is 0 Å². The van der Waals surface area contributed by atoms with E-state index in [1.165, 1.54) is 11.1 Å². The quantitative estimate of drug-likeness (QED) is 0.475. The van der Waals surface area contributed by atoms with Crippen LogP contribution in [-0.4, -0.2) is 26.4 Å². The van der Waals surface area contributed by atoms with Gasteiger partial charge in [-0.15, -0.1) is 0 Å².